The van der Waals surface area contributed by atoms with Crippen molar-refractivity contribution in [3.8, 4) is 0 Å². The summed E-state index contributed by atoms with van der Waals surface area (Å²) in [6.07, 6.45) is 1.83. The molecule has 1 N–H and O–H groups in total. The van der Waals surface area contributed by atoms with Gasteiger partial charge in [-0.3, -0.25) is 4.98 Å². The van der Waals surface area contributed by atoms with Crippen LogP contribution in [-0.4, -0.2) is 10.1 Å². The molecule has 2 aromatic heterocycles. The highest BCUT2D eigenvalue weighted by atomic mass is 16.5. The Kier molecular flexibility index (Phi) is 3.25. The van der Waals surface area contributed by atoms with Crippen molar-refractivity contribution < 1.29 is 4.52 Å². The average Bonchev–Trinajstić information content (AvgIpc) is 2.85. The Hall–Kier alpha value is -2.20. The van der Waals surface area contributed by atoms with E-state index in [9.17, 15) is 0 Å². The van der Waals surface area contributed by atoms with E-state index in [0.717, 1.165) is 28.9 Å². The first-order valence-electron chi connectivity index (χ1n) is 6.28. The summed E-state index contributed by atoms with van der Waals surface area (Å²) in [7, 11) is 0. The molecule has 0 aliphatic rings. The van der Waals surface area contributed by atoms with Gasteiger partial charge in [-0.05, 0) is 18.6 Å². The maximum absolute atomic E-state index is 5.16. The minimum Gasteiger partial charge on any atom is -0.360 e. The largest absolute Gasteiger partial charge is 0.360 e. The molecule has 0 unspecified atom stereocenters. The van der Waals surface area contributed by atoms with E-state index in [2.05, 4.69) is 39.7 Å². The molecule has 0 saturated heterocycles. The first-order chi connectivity index (χ1) is 9.33. The van der Waals surface area contributed by atoms with Crippen molar-refractivity contribution in [3.05, 3.63) is 59.6 Å². The van der Waals surface area contributed by atoms with Gasteiger partial charge in [-0.15, -0.1) is 0 Å². The van der Waals surface area contributed by atoms with E-state index in [1.807, 2.05) is 25.3 Å². The Morgan fingerprint density at radius 2 is 2.05 bits per heavy atom. The number of rotatable bonds is 4. The van der Waals surface area contributed by atoms with Crippen LogP contribution in [0.5, 0.6) is 0 Å². The summed E-state index contributed by atoms with van der Waals surface area (Å²) in [4.78, 5) is 4.44. The van der Waals surface area contributed by atoms with Gasteiger partial charge in [-0.2, -0.15) is 0 Å². The minimum absolute atomic E-state index is 0.671. The van der Waals surface area contributed by atoms with E-state index >= 15 is 0 Å². The minimum atomic E-state index is 0.671. The maximum Gasteiger partial charge on any atom is 0.150 e. The lowest BCUT2D eigenvalue weighted by Gasteiger charge is -2.06. The number of nitrogens with zero attached hydrogens (tertiary/aromatic N) is 2. The molecule has 0 radical (unpaired) electrons. The Bertz CT molecular complexity index is 685. The summed E-state index contributed by atoms with van der Waals surface area (Å²) in [6.45, 7) is 3.35. The highest BCUT2D eigenvalue weighted by Gasteiger charge is 2.03. The standard InChI is InChI=1S/C15H15N3O/c1-11-8-14(19-18-11)10-16-9-13-5-2-4-12-6-3-7-17-15(12)13/h2-8,16H,9-10H2,1H3. The number of aromatic nitrogens is 2. The number of nitrogens with one attached hydrogen (secondary N) is 1. The van der Waals surface area contributed by atoms with Gasteiger partial charge in [-0.25, -0.2) is 0 Å². The van der Waals surface area contributed by atoms with Crippen LogP contribution in [0.25, 0.3) is 10.9 Å². The summed E-state index contributed by atoms with van der Waals surface area (Å²) in [5, 5.41) is 8.38. The Morgan fingerprint density at radius 1 is 1.16 bits per heavy atom. The smallest absolute Gasteiger partial charge is 0.150 e. The quantitative estimate of drug-likeness (QED) is 0.776. The van der Waals surface area contributed by atoms with Crippen molar-refractivity contribution in [3.63, 3.8) is 0 Å². The molecule has 0 fully saturated rings. The van der Waals surface area contributed by atoms with Gasteiger partial charge in [-0.1, -0.05) is 29.4 Å². The number of hydrogen-bond acceptors (Lipinski definition) is 4. The zero-order valence-electron chi connectivity index (χ0n) is 10.8. The second kappa shape index (κ2) is 5.20. The lowest BCUT2D eigenvalue weighted by atomic mass is 10.1. The second-order valence-electron chi connectivity index (χ2n) is 4.53. The fourth-order valence-corrected chi connectivity index (χ4v) is 2.13. The van der Waals surface area contributed by atoms with Crippen molar-refractivity contribution in [2.24, 2.45) is 0 Å². The van der Waals surface area contributed by atoms with E-state index in [-0.39, 0.29) is 0 Å². The summed E-state index contributed by atoms with van der Waals surface area (Å²) in [6, 6.07) is 12.2. The molecule has 0 aliphatic carbocycles. The molecule has 0 spiro atoms. The van der Waals surface area contributed by atoms with Gasteiger partial charge in [0.2, 0.25) is 0 Å². The molecule has 2 heterocycles. The first kappa shape index (κ1) is 11.9. The fourth-order valence-electron chi connectivity index (χ4n) is 2.13. The van der Waals surface area contributed by atoms with Crippen molar-refractivity contribution in [2.45, 2.75) is 20.0 Å². The van der Waals surface area contributed by atoms with Crippen LogP contribution in [0.2, 0.25) is 0 Å². The van der Waals surface area contributed by atoms with Crippen LogP contribution in [0, 0.1) is 6.92 Å². The molecule has 0 aliphatic heterocycles. The van der Waals surface area contributed by atoms with Crippen LogP contribution in [0.4, 0.5) is 0 Å². The topological polar surface area (TPSA) is 51.0 Å². The number of para-hydroxylation sites is 1. The lowest BCUT2D eigenvalue weighted by molar-refractivity contribution is 0.369. The van der Waals surface area contributed by atoms with Crippen LogP contribution in [0.1, 0.15) is 17.0 Å². The molecule has 4 nitrogen and oxygen atoms in total. The third kappa shape index (κ3) is 2.63. The highest BCUT2D eigenvalue weighted by Crippen LogP contribution is 2.15. The van der Waals surface area contributed by atoms with Crippen molar-refractivity contribution in [1.82, 2.24) is 15.5 Å². The average molecular weight is 253 g/mol. The van der Waals surface area contributed by atoms with E-state index in [4.69, 9.17) is 4.52 Å². The summed E-state index contributed by atoms with van der Waals surface area (Å²) in [5.74, 6) is 0.852. The zero-order valence-corrected chi connectivity index (χ0v) is 10.8. The van der Waals surface area contributed by atoms with Crippen LogP contribution < -0.4 is 5.32 Å². The van der Waals surface area contributed by atoms with E-state index in [1.54, 1.807) is 0 Å². The number of pyridine rings is 1. The molecule has 0 atom stereocenters. The Balaban J connectivity index is 1.71. The lowest BCUT2D eigenvalue weighted by Crippen LogP contribution is -2.12. The molecule has 19 heavy (non-hydrogen) atoms. The monoisotopic (exact) mass is 253 g/mol. The summed E-state index contributed by atoms with van der Waals surface area (Å²) >= 11 is 0. The van der Waals surface area contributed by atoms with E-state index in [0.29, 0.717) is 6.54 Å². The predicted molar refractivity (Wildman–Crippen MR) is 73.5 cm³/mol. The highest BCUT2D eigenvalue weighted by molar-refractivity contribution is 5.81. The third-order valence-electron chi connectivity index (χ3n) is 3.01. The van der Waals surface area contributed by atoms with Gasteiger partial charge >= 0.3 is 0 Å². The fraction of sp³-hybridized carbons (Fsp3) is 0.200. The Morgan fingerprint density at radius 3 is 2.89 bits per heavy atom. The molecule has 3 rings (SSSR count). The van der Waals surface area contributed by atoms with E-state index < -0.39 is 0 Å². The molecule has 96 valence electrons. The molecule has 0 bridgehead atoms. The number of aryl methyl sites for hydroxylation is 1. The van der Waals surface area contributed by atoms with Crippen LogP contribution in [0.15, 0.2) is 47.1 Å². The maximum atomic E-state index is 5.16. The van der Waals surface area contributed by atoms with Crippen LogP contribution >= 0.6 is 0 Å². The number of benzene rings is 1. The van der Waals surface area contributed by atoms with E-state index in [1.165, 1.54) is 5.56 Å². The molecular formula is C15H15N3O. The SMILES string of the molecule is Cc1cc(CNCc2cccc3cccnc23)on1. The molecule has 3 aromatic rings. The van der Waals surface area contributed by atoms with Crippen molar-refractivity contribution in [1.29, 1.82) is 0 Å². The summed E-state index contributed by atoms with van der Waals surface area (Å²) in [5.41, 5.74) is 3.14. The zero-order chi connectivity index (χ0) is 13.1. The van der Waals surface area contributed by atoms with Gasteiger partial charge in [0, 0.05) is 24.2 Å². The second-order valence-corrected chi connectivity index (χ2v) is 4.53. The van der Waals surface area contributed by atoms with Gasteiger partial charge < -0.3 is 9.84 Å². The number of hydrogen-bond donors (Lipinski definition) is 1. The first-order valence-corrected chi connectivity index (χ1v) is 6.28. The van der Waals surface area contributed by atoms with Crippen molar-refractivity contribution >= 4 is 10.9 Å². The number of fused-ring (bicyclic) bond motifs is 1. The van der Waals surface area contributed by atoms with Crippen LogP contribution in [0.3, 0.4) is 0 Å². The molecule has 0 saturated carbocycles. The van der Waals surface area contributed by atoms with Crippen molar-refractivity contribution in [2.75, 3.05) is 0 Å². The normalized spacial score (nSPS) is 11.0. The van der Waals surface area contributed by atoms with Gasteiger partial charge in [0.05, 0.1) is 17.8 Å². The van der Waals surface area contributed by atoms with Gasteiger partial charge in [0.1, 0.15) is 0 Å². The van der Waals surface area contributed by atoms with Crippen LogP contribution in [-0.2, 0) is 13.1 Å². The Labute approximate surface area is 111 Å². The van der Waals surface area contributed by atoms with Gasteiger partial charge in [0.15, 0.2) is 5.76 Å². The molecule has 4 heteroatoms. The molecular weight excluding hydrogens is 238 g/mol. The predicted octanol–water partition coefficient (Wildman–Crippen LogP) is 2.82. The third-order valence-corrected chi connectivity index (χ3v) is 3.01. The summed E-state index contributed by atoms with van der Waals surface area (Å²) < 4.78 is 5.16. The van der Waals surface area contributed by atoms with Gasteiger partial charge in [0.25, 0.3) is 0 Å². The molecule has 0 amide bonds. The molecule has 1 aromatic carbocycles.